The summed E-state index contributed by atoms with van der Waals surface area (Å²) in [6, 6.07) is 12.2. The van der Waals surface area contributed by atoms with Gasteiger partial charge in [0, 0.05) is 43.8 Å². The summed E-state index contributed by atoms with van der Waals surface area (Å²) < 4.78 is 11.4. The molecule has 0 saturated heterocycles. The second kappa shape index (κ2) is 11.0. The van der Waals surface area contributed by atoms with Gasteiger partial charge in [0.2, 0.25) is 0 Å². The van der Waals surface area contributed by atoms with Crippen molar-refractivity contribution in [3.63, 3.8) is 0 Å². The summed E-state index contributed by atoms with van der Waals surface area (Å²) in [5, 5.41) is 27.7. The van der Waals surface area contributed by atoms with Crippen LogP contribution in [0.4, 0.5) is 0 Å². The number of hydrogen-bond donors (Lipinski definition) is 4. The molecule has 0 bridgehead atoms. The monoisotopic (exact) mass is 588 g/mol. The van der Waals surface area contributed by atoms with Gasteiger partial charge >= 0.3 is 0 Å². The highest BCUT2D eigenvalue weighted by Crippen LogP contribution is 2.49. The van der Waals surface area contributed by atoms with Crippen molar-refractivity contribution < 1.29 is 19.7 Å². The predicted molar refractivity (Wildman–Crippen MR) is 183 cm³/mol. The first-order valence-corrected chi connectivity index (χ1v) is 15.0. The first-order valence-electron chi connectivity index (χ1n) is 15.0. The van der Waals surface area contributed by atoms with Crippen molar-refractivity contribution in [1.29, 1.82) is 0 Å². The number of aryl methyl sites for hydroxylation is 2. The van der Waals surface area contributed by atoms with Gasteiger partial charge < -0.3 is 29.7 Å². The number of aromatic hydroxyl groups is 2. The fourth-order valence-corrected chi connectivity index (χ4v) is 6.55. The van der Waals surface area contributed by atoms with Crippen molar-refractivity contribution in [1.82, 2.24) is 9.97 Å². The van der Waals surface area contributed by atoms with Crippen LogP contribution in [0.3, 0.4) is 0 Å². The summed E-state index contributed by atoms with van der Waals surface area (Å²) in [5.74, 6) is 1.83. The Morgan fingerprint density at radius 3 is 1.34 bits per heavy atom. The van der Waals surface area contributed by atoms with Crippen LogP contribution in [0.5, 0.6) is 23.0 Å². The van der Waals surface area contributed by atoms with E-state index < -0.39 is 0 Å². The van der Waals surface area contributed by atoms with Gasteiger partial charge in [-0.2, -0.15) is 0 Å². The molecule has 4 aromatic carbocycles. The summed E-state index contributed by atoms with van der Waals surface area (Å²) >= 11 is 0. The van der Waals surface area contributed by atoms with E-state index in [0.29, 0.717) is 35.0 Å². The van der Waals surface area contributed by atoms with Crippen LogP contribution in [0.2, 0.25) is 0 Å². The van der Waals surface area contributed by atoms with Gasteiger partial charge in [-0.1, -0.05) is 23.3 Å². The number of phenolic OH excluding ortho intramolecular Hbond substituents is 2. The number of allylic oxidation sites excluding steroid dienone is 4. The molecule has 4 N–H and O–H groups in total. The summed E-state index contributed by atoms with van der Waals surface area (Å²) in [6.45, 7) is 12.3. The van der Waals surface area contributed by atoms with Crippen LogP contribution in [0.15, 0.2) is 59.7 Å². The summed E-state index contributed by atoms with van der Waals surface area (Å²) in [5.41, 5.74) is 10.6. The molecule has 2 aromatic heterocycles. The van der Waals surface area contributed by atoms with Gasteiger partial charge in [0.1, 0.15) is 23.0 Å². The largest absolute Gasteiger partial charge is 0.505 e. The molecule has 0 radical (unpaired) electrons. The fourth-order valence-electron chi connectivity index (χ4n) is 6.55. The quantitative estimate of drug-likeness (QED) is 0.140. The van der Waals surface area contributed by atoms with Crippen molar-refractivity contribution in [2.75, 3.05) is 14.2 Å². The molecule has 6 nitrogen and oxygen atoms in total. The molecule has 6 rings (SSSR count). The van der Waals surface area contributed by atoms with E-state index >= 15 is 0 Å². The summed E-state index contributed by atoms with van der Waals surface area (Å²) in [7, 11) is 3.36. The first kappa shape index (κ1) is 29.2. The Balaban J connectivity index is 1.61. The minimum Gasteiger partial charge on any atom is -0.505 e. The molecule has 0 saturated carbocycles. The van der Waals surface area contributed by atoms with Crippen molar-refractivity contribution in [2.45, 2.75) is 54.4 Å². The molecule has 0 spiro atoms. The third kappa shape index (κ3) is 4.57. The Labute approximate surface area is 257 Å². The number of aromatic amines is 2. The lowest BCUT2D eigenvalue weighted by Crippen LogP contribution is -1.92. The van der Waals surface area contributed by atoms with Crippen molar-refractivity contribution >= 4 is 43.6 Å². The zero-order valence-electron chi connectivity index (χ0n) is 26.7. The molecule has 2 heterocycles. The third-order valence-corrected chi connectivity index (χ3v) is 8.74. The van der Waals surface area contributed by atoms with Gasteiger partial charge in [-0.25, -0.2) is 0 Å². The lowest BCUT2D eigenvalue weighted by molar-refractivity contribution is 0.411. The van der Waals surface area contributed by atoms with E-state index in [2.05, 4.69) is 61.9 Å². The molecule has 44 heavy (non-hydrogen) atoms. The van der Waals surface area contributed by atoms with Crippen LogP contribution in [0.1, 0.15) is 49.9 Å². The van der Waals surface area contributed by atoms with E-state index in [4.69, 9.17) is 9.47 Å². The predicted octanol–water partition coefficient (Wildman–Crippen LogP) is 9.69. The minimum absolute atomic E-state index is 0.114. The second-order valence-corrected chi connectivity index (χ2v) is 12.2. The third-order valence-electron chi connectivity index (χ3n) is 8.74. The van der Waals surface area contributed by atoms with Gasteiger partial charge in [-0.05, 0) is 102 Å². The zero-order valence-corrected chi connectivity index (χ0v) is 26.7. The van der Waals surface area contributed by atoms with Crippen LogP contribution in [-0.2, 0) is 12.8 Å². The summed E-state index contributed by atoms with van der Waals surface area (Å²) in [4.78, 5) is 7.05. The van der Waals surface area contributed by atoms with E-state index in [1.165, 1.54) is 11.1 Å². The average Bonchev–Trinajstić information content (AvgIpc) is 3.54. The van der Waals surface area contributed by atoms with Gasteiger partial charge in [0.05, 0.1) is 36.3 Å². The van der Waals surface area contributed by atoms with Crippen molar-refractivity contribution in [2.24, 2.45) is 0 Å². The van der Waals surface area contributed by atoms with E-state index in [1.54, 1.807) is 14.2 Å². The molecular formula is C38H40N2O4. The van der Waals surface area contributed by atoms with Crippen LogP contribution >= 0.6 is 0 Å². The maximum Gasteiger partial charge on any atom is 0.147 e. The molecule has 6 aromatic rings. The highest BCUT2D eigenvalue weighted by molar-refractivity contribution is 6.16. The number of nitrogens with one attached hydrogen (secondary N) is 2. The first-order chi connectivity index (χ1) is 21.0. The van der Waals surface area contributed by atoms with Gasteiger partial charge in [-0.3, -0.25) is 0 Å². The number of fused-ring (bicyclic) bond motifs is 6. The zero-order chi connectivity index (χ0) is 31.4. The number of rotatable bonds is 7. The smallest absolute Gasteiger partial charge is 0.147 e. The number of ether oxygens (including phenoxy) is 2. The maximum absolute atomic E-state index is 11.9. The minimum atomic E-state index is 0.114. The number of benzene rings is 4. The normalized spacial score (nSPS) is 11.5. The van der Waals surface area contributed by atoms with E-state index in [9.17, 15) is 10.2 Å². The SMILES string of the molecule is COc1ccc2c([nH]c3c(O)c(-c4c(C)cc5c([nH]c6c(CC=C(C)C)c(OC)ccc65)c4O)c(C)cc32)c1CC=C(C)C. The fraction of sp³-hybridized carbons (Fsp3) is 0.263. The second-order valence-electron chi connectivity index (χ2n) is 12.2. The molecule has 0 unspecified atom stereocenters. The molecule has 0 amide bonds. The number of aromatic nitrogens is 2. The molecule has 0 aliphatic heterocycles. The van der Waals surface area contributed by atoms with Gasteiger partial charge in [0.15, 0.2) is 0 Å². The van der Waals surface area contributed by atoms with Crippen LogP contribution < -0.4 is 9.47 Å². The molecule has 0 aliphatic carbocycles. The highest BCUT2D eigenvalue weighted by Gasteiger charge is 2.24. The topological polar surface area (TPSA) is 90.5 Å². The van der Waals surface area contributed by atoms with E-state index in [1.807, 2.05) is 38.1 Å². The Hall–Kier alpha value is -4.84. The Morgan fingerprint density at radius 1 is 0.614 bits per heavy atom. The van der Waals surface area contributed by atoms with Crippen molar-refractivity contribution in [3.8, 4) is 34.1 Å². The molecule has 0 aliphatic rings. The van der Waals surface area contributed by atoms with Gasteiger partial charge in [-0.15, -0.1) is 0 Å². The molecular weight excluding hydrogens is 548 g/mol. The van der Waals surface area contributed by atoms with E-state index in [-0.39, 0.29) is 11.5 Å². The van der Waals surface area contributed by atoms with Crippen LogP contribution in [0.25, 0.3) is 54.7 Å². The molecule has 0 fully saturated rings. The standard InChI is InChI=1S/C38H40N2O4/c1-19(2)9-11-25-29(43-7)15-13-23-27-17-21(5)31(37(41)35(27)39-33(23)25)32-22(6)18-28-24-14-16-30(44-8)26(12-10-20(3)4)34(24)40-36(28)38(32)42/h9-10,13-18,39-42H,11-12H2,1-8H3. The van der Waals surface area contributed by atoms with Crippen molar-refractivity contribution in [3.05, 3.63) is 82.0 Å². The van der Waals surface area contributed by atoms with Crippen LogP contribution in [-0.4, -0.2) is 34.4 Å². The lowest BCUT2D eigenvalue weighted by Gasteiger charge is -2.15. The van der Waals surface area contributed by atoms with Crippen LogP contribution in [0, 0.1) is 13.8 Å². The average molecular weight is 589 g/mol. The Bertz CT molecular complexity index is 2010. The summed E-state index contributed by atoms with van der Waals surface area (Å²) in [6.07, 6.45) is 5.77. The Kier molecular flexibility index (Phi) is 7.32. The number of hydrogen-bond acceptors (Lipinski definition) is 4. The van der Waals surface area contributed by atoms with Gasteiger partial charge in [0.25, 0.3) is 0 Å². The highest BCUT2D eigenvalue weighted by atomic mass is 16.5. The Morgan fingerprint density at radius 2 is 1.00 bits per heavy atom. The lowest BCUT2D eigenvalue weighted by atomic mass is 9.91. The van der Waals surface area contributed by atoms with E-state index in [0.717, 1.165) is 66.3 Å². The molecule has 6 heteroatoms. The number of methoxy groups -OCH3 is 2. The molecule has 226 valence electrons. The number of H-pyrrole nitrogens is 2. The molecule has 0 atom stereocenters. The number of phenols is 2. The maximum atomic E-state index is 11.9.